The number of Topliss-reactive ketones (excluding diaryl/α,β-unsaturated/α-hetero) is 1. The van der Waals surface area contributed by atoms with Gasteiger partial charge >= 0.3 is 11.9 Å². The second-order valence-electron chi connectivity index (χ2n) is 4.99. The zero-order valence-corrected chi connectivity index (χ0v) is 13.2. The Morgan fingerprint density at radius 1 is 1.08 bits per heavy atom. The van der Waals surface area contributed by atoms with Crippen LogP contribution in [0, 0.1) is 0 Å². The first-order valence-corrected chi connectivity index (χ1v) is 7.45. The summed E-state index contributed by atoms with van der Waals surface area (Å²) < 4.78 is 10.1. The van der Waals surface area contributed by atoms with E-state index in [0.717, 1.165) is 0 Å². The molecule has 0 aliphatic rings. The van der Waals surface area contributed by atoms with Crippen LogP contribution in [0.3, 0.4) is 0 Å². The molecular formula is C18H17NO5. The Morgan fingerprint density at radius 2 is 1.88 bits per heavy atom. The summed E-state index contributed by atoms with van der Waals surface area (Å²) >= 11 is 0. The van der Waals surface area contributed by atoms with Crippen LogP contribution in [0.2, 0.25) is 0 Å². The maximum absolute atomic E-state index is 12.2. The van der Waals surface area contributed by atoms with E-state index in [2.05, 4.69) is 4.98 Å². The molecule has 0 atom stereocenters. The molecule has 0 amide bonds. The van der Waals surface area contributed by atoms with Gasteiger partial charge in [-0.3, -0.25) is 14.6 Å². The first kappa shape index (κ1) is 17.3. The van der Waals surface area contributed by atoms with Gasteiger partial charge in [0.05, 0.1) is 17.7 Å². The van der Waals surface area contributed by atoms with Crippen molar-refractivity contribution in [2.75, 3.05) is 6.61 Å². The van der Waals surface area contributed by atoms with Crippen LogP contribution in [0.25, 0.3) is 0 Å². The van der Waals surface area contributed by atoms with E-state index in [9.17, 15) is 14.4 Å². The van der Waals surface area contributed by atoms with Crippen molar-refractivity contribution in [2.24, 2.45) is 0 Å². The number of carbonyl (C=O) groups is 3. The van der Waals surface area contributed by atoms with Crippen molar-refractivity contribution in [3.63, 3.8) is 0 Å². The minimum Gasteiger partial charge on any atom is -0.462 e. The molecule has 0 spiro atoms. The molecule has 2 aromatic rings. The van der Waals surface area contributed by atoms with E-state index in [4.69, 9.17) is 9.47 Å². The Labute approximate surface area is 139 Å². The van der Waals surface area contributed by atoms with E-state index in [0.29, 0.717) is 17.5 Å². The van der Waals surface area contributed by atoms with Crippen molar-refractivity contribution < 1.29 is 23.9 Å². The standard InChI is InChI=1S/C18H17NO5/c1-13(20)24-17-9-3-2-7-15(17)16(21)8-5-11-23-18(22)14-6-4-10-19-12-14/h2-4,6-7,9-10,12H,5,8,11H2,1H3. The van der Waals surface area contributed by atoms with Crippen LogP contribution >= 0.6 is 0 Å². The Morgan fingerprint density at radius 3 is 2.58 bits per heavy atom. The Balaban J connectivity index is 1.84. The number of aromatic nitrogens is 1. The van der Waals surface area contributed by atoms with E-state index in [-0.39, 0.29) is 24.6 Å². The number of benzene rings is 1. The van der Waals surface area contributed by atoms with Crippen LogP contribution in [0.5, 0.6) is 5.75 Å². The molecule has 1 aromatic carbocycles. The molecule has 124 valence electrons. The lowest BCUT2D eigenvalue weighted by atomic mass is 10.1. The summed E-state index contributed by atoms with van der Waals surface area (Å²) in [6.45, 7) is 1.40. The molecule has 6 nitrogen and oxygen atoms in total. The fourth-order valence-corrected chi connectivity index (χ4v) is 2.04. The van der Waals surface area contributed by atoms with Crippen LogP contribution in [-0.2, 0) is 9.53 Å². The fourth-order valence-electron chi connectivity index (χ4n) is 2.04. The molecule has 0 saturated carbocycles. The molecule has 0 fully saturated rings. The molecule has 6 heteroatoms. The third kappa shape index (κ3) is 5.01. The number of esters is 2. The van der Waals surface area contributed by atoms with Crippen LogP contribution < -0.4 is 4.74 Å². The minimum atomic E-state index is -0.486. The monoisotopic (exact) mass is 327 g/mol. The summed E-state index contributed by atoms with van der Waals surface area (Å²) in [6, 6.07) is 9.80. The van der Waals surface area contributed by atoms with E-state index in [1.54, 1.807) is 42.6 Å². The molecule has 1 heterocycles. The molecule has 0 aliphatic carbocycles. The summed E-state index contributed by atoms with van der Waals surface area (Å²) in [4.78, 5) is 38.9. The SMILES string of the molecule is CC(=O)Oc1ccccc1C(=O)CCCOC(=O)c1cccnc1. The first-order chi connectivity index (χ1) is 11.6. The van der Waals surface area contributed by atoms with Gasteiger partial charge < -0.3 is 9.47 Å². The number of pyridine rings is 1. The normalized spacial score (nSPS) is 10.0. The Bertz CT molecular complexity index is 727. The van der Waals surface area contributed by atoms with Crippen molar-refractivity contribution in [1.29, 1.82) is 0 Å². The van der Waals surface area contributed by atoms with Gasteiger partial charge in [0.2, 0.25) is 0 Å². The van der Waals surface area contributed by atoms with Crippen molar-refractivity contribution in [3.05, 3.63) is 59.9 Å². The quantitative estimate of drug-likeness (QED) is 0.336. The van der Waals surface area contributed by atoms with E-state index >= 15 is 0 Å². The largest absolute Gasteiger partial charge is 0.462 e. The topological polar surface area (TPSA) is 82.6 Å². The van der Waals surface area contributed by atoms with Gasteiger partial charge in [0.15, 0.2) is 5.78 Å². The summed E-state index contributed by atoms with van der Waals surface area (Å²) in [5.41, 5.74) is 0.704. The van der Waals surface area contributed by atoms with Gasteiger partial charge in [0.1, 0.15) is 5.75 Å². The Kier molecular flexibility index (Phi) is 6.19. The smallest absolute Gasteiger partial charge is 0.339 e. The number of ether oxygens (including phenoxy) is 2. The van der Waals surface area contributed by atoms with E-state index < -0.39 is 11.9 Å². The molecule has 0 unspecified atom stereocenters. The third-order valence-electron chi connectivity index (χ3n) is 3.12. The highest BCUT2D eigenvalue weighted by molar-refractivity contribution is 5.99. The lowest BCUT2D eigenvalue weighted by Crippen LogP contribution is -2.10. The highest BCUT2D eigenvalue weighted by Gasteiger charge is 2.14. The van der Waals surface area contributed by atoms with Gasteiger partial charge in [0.25, 0.3) is 0 Å². The first-order valence-electron chi connectivity index (χ1n) is 7.45. The number of hydrogen-bond acceptors (Lipinski definition) is 6. The average molecular weight is 327 g/mol. The summed E-state index contributed by atoms with van der Waals surface area (Å²) in [5, 5.41) is 0. The minimum absolute atomic E-state index is 0.120. The van der Waals surface area contributed by atoms with E-state index in [1.807, 2.05) is 0 Å². The van der Waals surface area contributed by atoms with Gasteiger partial charge in [0, 0.05) is 25.7 Å². The molecule has 0 bridgehead atoms. The van der Waals surface area contributed by atoms with Gasteiger partial charge in [-0.1, -0.05) is 12.1 Å². The zero-order chi connectivity index (χ0) is 17.4. The van der Waals surface area contributed by atoms with Gasteiger partial charge in [-0.15, -0.1) is 0 Å². The van der Waals surface area contributed by atoms with Gasteiger partial charge in [-0.05, 0) is 30.7 Å². The van der Waals surface area contributed by atoms with Crippen molar-refractivity contribution in [3.8, 4) is 5.75 Å². The predicted molar refractivity (Wildman–Crippen MR) is 85.8 cm³/mol. The number of carbonyl (C=O) groups excluding carboxylic acids is 3. The number of nitrogens with zero attached hydrogens (tertiary/aromatic N) is 1. The molecule has 24 heavy (non-hydrogen) atoms. The molecular weight excluding hydrogens is 310 g/mol. The number of ketones is 1. The maximum Gasteiger partial charge on any atom is 0.339 e. The van der Waals surface area contributed by atoms with Crippen molar-refractivity contribution in [1.82, 2.24) is 4.98 Å². The second kappa shape index (κ2) is 8.57. The summed E-state index contributed by atoms with van der Waals surface area (Å²) in [5.74, 6) is -0.900. The van der Waals surface area contributed by atoms with Crippen LogP contribution in [-0.4, -0.2) is 29.3 Å². The maximum atomic E-state index is 12.2. The van der Waals surface area contributed by atoms with Crippen molar-refractivity contribution >= 4 is 17.7 Å². The van der Waals surface area contributed by atoms with Crippen molar-refractivity contribution in [2.45, 2.75) is 19.8 Å². The van der Waals surface area contributed by atoms with Gasteiger partial charge in [-0.25, -0.2) is 4.79 Å². The highest BCUT2D eigenvalue weighted by Crippen LogP contribution is 2.20. The molecule has 0 aliphatic heterocycles. The predicted octanol–water partition coefficient (Wildman–Crippen LogP) is 2.83. The van der Waals surface area contributed by atoms with E-state index in [1.165, 1.54) is 13.1 Å². The third-order valence-corrected chi connectivity index (χ3v) is 3.12. The highest BCUT2D eigenvalue weighted by atomic mass is 16.5. The number of para-hydroxylation sites is 1. The molecule has 2 rings (SSSR count). The summed E-state index contributed by atoms with van der Waals surface area (Å²) in [6.07, 6.45) is 3.54. The van der Waals surface area contributed by atoms with Crippen LogP contribution in [0.1, 0.15) is 40.5 Å². The zero-order valence-electron chi connectivity index (χ0n) is 13.2. The number of hydrogen-bond donors (Lipinski definition) is 0. The number of rotatable bonds is 7. The average Bonchev–Trinajstić information content (AvgIpc) is 2.59. The molecule has 0 radical (unpaired) electrons. The lowest BCUT2D eigenvalue weighted by Gasteiger charge is -2.08. The fraction of sp³-hybridized carbons (Fsp3) is 0.222. The summed E-state index contributed by atoms with van der Waals surface area (Å²) in [7, 11) is 0. The molecule has 0 N–H and O–H groups in total. The Hall–Kier alpha value is -3.02. The van der Waals surface area contributed by atoms with Gasteiger partial charge in [-0.2, -0.15) is 0 Å². The molecule has 0 saturated heterocycles. The lowest BCUT2D eigenvalue weighted by molar-refractivity contribution is -0.131. The van der Waals surface area contributed by atoms with Crippen LogP contribution in [0.4, 0.5) is 0 Å². The van der Waals surface area contributed by atoms with Crippen LogP contribution in [0.15, 0.2) is 48.8 Å². The molecule has 1 aromatic heterocycles. The second-order valence-corrected chi connectivity index (χ2v) is 4.99.